The van der Waals surface area contributed by atoms with Gasteiger partial charge in [-0.15, -0.1) is 11.6 Å². The summed E-state index contributed by atoms with van der Waals surface area (Å²) in [4.78, 5) is 0. The van der Waals surface area contributed by atoms with Crippen LogP contribution in [0.25, 0.3) is 0 Å². The lowest BCUT2D eigenvalue weighted by atomic mass is 9.60. The summed E-state index contributed by atoms with van der Waals surface area (Å²) in [6.07, 6.45) is 4.09. The minimum absolute atomic E-state index is 0.156. The number of alkyl halides is 1. The largest absolute Gasteiger partial charge is 0.380 e. The van der Waals surface area contributed by atoms with Gasteiger partial charge in [-0.3, -0.25) is 0 Å². The molecule has 86 valence electrons. The molecule has 2 saturated heterocycles. The Bertz CT molecular complexity index is 393. The van der Waals surface area contributed by atoms with Gasteiger partial charge in [-0.1, -0.05) is 12.8 Å². The summed E-state index contributed by atoms with van der Waals surface area (Å²) in [5.41, 5.74) is -0.428. The molecule has 0 radical (unpaired) electrons. The molecule has 3 atom stereocenters. The molecular weight excluding hydrogens is 236 g/mol. The highest BCUT2D eigenvalue weighted by Gasteiger charge is 2.69. The van der Waals surface area contributed by atoms with Crippen molar-refractivity contribution in [3.8, 4) is 0 Å². The van der Waals surface area contributed by atoms with Crippen molar-refractivity contribution in [3.05, 3.63) is 0 Å². The van der Waals surface area contributed by atoms with E-state index in [-0.39, 0.29) is 16.6 Å². The molecule has 0 amide bonds. The average molecular weight is 251 g/mol. The Balaban J connectivity index is 2.15. The zero-order chi connectivity index (χ0) is 10.7. The van der Waals surface area contributed by atoms with Gasteiger partial charge in [-0.2, -0.15) is 0 Å². The first-order valence-electron chi connectivity index (χ1n) is 5.46. The Hall–Kier alpha value is 0.200. The molecule has 3 aliphatic rings. The quantitative estimate of drug-likeness (QED) is 0.613. The van der Waals surface area contributed by atoms with Crippen LogP contribution in [0.1, 0.15) is 25.7 Å². The number of halogens is 1. The molecule has 0 N–H and O–H groups in total. The Morgan fingerprint density at radius 3 is 2.67 bits per heavy atom. The van der Waals surface area contributed by atoms with Crippen LogP contribution in [0.15, 0.2) is 0 Å². The first-order valence-corrected chi connectivity index (χ1v) is 7.61. The lowest BCUT2D eigenvalue weighted by molar-refractivity contribution is 0.0860. The van der Waals surface area contributed by atoms with Gasteiger partial charge >= 0.3 is 0 Å². The van der Waals surface area contributed by atoms with E-state index in [4.69, 9.17) is 16.3 Å². The fourth-order valence-corrected chi connectivity index (χ4v) is 6.91. The van der Waals surface area contributed by atoms with Crippen molar-refractivity contribution in [1.82, 2.24) is 0 Å². The first-order chi connectivity index (χ1) is 7.03. The first kappa shape index (κ1) is 10.4. The highest BCUT2D eigenvalue weighted by Crippen LogP contribution is 2.64. The molecule has 0 unspecified atom stereocenters. The fraction of sp³-hybridized carbons (Fsp3) is 1.00. The van der Waals surface area contributed by atoms with Crippen LogP contribution < -0.4 is 0 Å². The van der Waals surface area contributed by atoms with Gasteiger partial charge in [0.2, 0.25) is 0 Å². The number of sulfone groups is 1. The van der Waals surface area contributed by atoms with Crippen molar-refractivity contribution in [2.45, 2.75) is 30.4 Å². The van der Waals surface area contributed by atoms with E-state index in [2.05, 4.69) is 0 Å². The van der Waals surface area contributed by atoms with E-state index in [1.807, 2.05) is 0 Å². The van der Waals surface area contributed by atoms with Gasteiger partial charge in [-0.25, -0.2) is 8.42 Å². The molecule has 3 nitrogen and oxygen atoms in total. The molecule has 1 aliphatic carbocycles. The second-order valence-corrected chi connectivity index (χ2v) is 8.04. The summed E-state index contributed by atoms with van der Waals surface area (Å²) >= 11 is 6.20. The summed E-state index contributed by atoms with van der Waals surface area (Å²) in [7, 11) is -3.10. The SMILES string of the molecule is O=S1(=O)C[C@@]23CCCC[C@@]2(COC3)[C@@H]1Cl. The van der Waals surface area contributed by atoms with Gasteiger partial charge in [0.25, 0.3) is 0 Å². The normalized spacial score (nSPS) is 52.5. The molecule has 3 rings (SSSR count). The zero-order valence-electron chi connectivity index (χ0n) is 8.54. The maximum Gasteiger partial charge on any atom is 0.168 e. The Morgan fingerprint density at radius 2 is 1.93 bits per heavy atom. The van der Waals surface area contributed by atoms with E-state index in [1.54, 1.807) is 0 Å². The number of ether oxygens (including phenoxy) is 1. The highest BCUT2D eigenvalue weighted by atomic mass is 35.5. The van der Waals surface area contributed by atoms with Crippen LogP contribution in [0.5, 0.6) is 0 Å². The Kier molecular flexibility index (Phi) is 2.00. The van der Waals surface area contributed by atoms with Gasteiger partial charge in [0, 0.05) is 10.8 Å². The average Bonchev–Trinajstić information content (AvgIpc) is 2.61. The Labute approximate surface area is 95.0 Å². The smallest absolute Gasteiger partial charge is 0.168 e. The lowest BCUT2D eigenvalue weighted by Gasteiger charge is -2.42. The molecule has 2 aliphatic heterocycles. The van der Waals surface area contributed by atoms with Gasteiger partial charge in [-0.05, 0) is 12.8 Å². The third kappa shape index (κ3) is 1.08. The summed E-state index contributed by atoms with van der Waals surface area (Å²) in [5.74, 6) is 0.244. The summed E-state index contributed by atoms with van der Waals surface area (Å²) in [6.45, 7) is 1.13. The zero-order valence-corrected chi connectivity index (χ0v) is 10.1. The topological polar surface area (TPSA) is 43.4 Å². The molecule has 5 heteroatoms. The Morgan fingerprint density at radius 1 is 1.20 bits per heavy atom. The molecule has 0 aromatic carbocycles. The predicted molar refractivity (Wildman–Crippen MR) is 57.6 cm³/mol. The van der Waals surface area contributed by atoms with Crippen LogP contribution in [0, 0.1) is 10.8 Å². The van der Waals surface area contributed by atoms with Crippen molar-refractivity contribution in [1.29, 1.82) is 0 Å². The highest BCUT2D eigenvalue weighted by molar-refractivity contribution is 7.93. The lowest BCUT2D eigenvalue weighted by Crippen LogP contribution is -2.44. The summed E-state index contributed by atoms with van der Waals surface area (Å²) < 4.78 is 28.7. The van der Waals surface area contributed by atoms with Crippen molar-refractivity contribution >= 4 is 21.4 Å². The number of hydrogen-bond donors (Lipinski definition) is 0. The fourth-order valence-electron chi connectivity index (χ4n) is 3.77. The third-order valence-electron chi connectivity index (χ3n) is 4.55. The van der Waals surface area contributed by atoms with Crippen molar-refractivity contribution in [3.63, 3.8) is 0 Å². The van der Waals surface area contributed by atoms with Crippen molar-refractivity contribution < 1.29 is 13.2 Å². The van der Waals surface area contributed by atoms with Crippen LogP contribution in [0.2, 0.25) is 0 Å². The van der Waals surface area contributed by atoms with E-state index in [1.165, 1.54) is 0 Å². The molecule has 15 heavy (non-hydrogen) atoms. The van der Waals surface area contributed by atoms with E-state index < -0.39 is 14.5 Å². The monoisotopic (exact) mass is 250 g/mol. The summed E-state index contributed by atoms with van der Waals surface area (Å²) in [5, 5.41) is 0. The standard InChI is InChI=1S/C10H15ClO3S/c11-8-10-4-2-1-3-9(10,5-14-6-10)7-15(8,12)13/h8H,1-7H2/t8-,9+,10-/m1/s1. The third-order valence-corrected chi connectivity index (χ3v) is 7.82. The van der Waals surface area contributed by atoms with Crippen LogP contribution in [-0.4, -0.2) is 32.1 Å². The van der Waals surface area contributed by atoms with E-state index in [9.17, 15) is 8.42 Å². The van der Waals surface area contributed by atoms with Gasteiger partial charge in [0.15, 0.2) is 9.84 Å². The molecule has 0 spiro atoms. The molecule has 2 heterocycles. The minimum Gasteiger partial charge on any atom is -0.380 e. The second kappa shape index (κ2) is 2.90. The van der Waals surface area contributed by atoms with Gasteiger partial charge in [0.1, 0.15) is 4.71 Å². The van der Waals surface area contributed by atoms with Crippen LogP contribution in [0.4, 0.5) is 0 Å². The maximum atomic E-state index is 11.9. The predicted octanol–water partition coefficient (Wildman–Crippen LogP) is 1.56. The molecule has 0 aromatic heterocycles. The maximum absolute atomic E-state index is 11.9. The number of rotatable bonds is 0. The van der Waals surface area contributed by atoms with Crippen molar-refractivity contribution in [2.24, 2.45) is 10.8 Å². The van der Waals surface area contributed by atoms with Crippen molar-refractivity contribution in [2.75, 3.05) is 19.0 Å². The van der Waals surface area contributed by atoms with Crippen LogP contribution >= 0.6 is 11.6 Å². The number of hydrogen-bond acceptors (Lipinski definition) is 3. The molecule has 0 bridgehead atoms. The van der Waals surface area contributed by atoms with E-state index in [0.29, 0.717) is 13.2 Å². The van der Waals surface area contributed by atoms with Gasteiger partial charge < -0.3 is 4.74 Å². The molecular formula is C10H15ClO3S. The molecule has 1 saturated carbocycles. The van der Waals surface area contributed by atoms with E-state index >= 15 is 0 Å². The second-order valence-electron chi connectivity index (χ2n) is 5.26. The summed E-state index contributed by atoms with van der Waals surface area (Å²) in [6, 6.07) is 0. The van der Waals surface area contributed by atoms with E-state index in [0.717, 1.165) is 25.7 Å². The molecule has 3 fully saturated rings. The van der Waals surface area contributed by atoms with Crippen LogP contribution in [0.3, 0.4) is 0 Å². The van der Waals surface area contributed by atoms with Crippen LogP contribution in [-0.2, 0) is 14.6 Å². The van der Waals surface area contributed by atoms with Gasteiger partial charge in [0.05, 0.1) is 19.0 Å². The molecule has 0 aromatic rings. The minimum atomic E-state index is -3.10.